The highest BCUT2D eigenvalue weighted by atomic mass is 19.1. The van der Waals surface area contributed by atoms with Crippen LogP contribution in [-0.2, 0) is 11.2 Å². The van der Waals surface area contributed by atoms with Gasteiger partial charge in [0.25, 0.3) is 0 Å². The standard InChI is InChI=1S/C24H19FN4O2/c25-19-9-7-17(8-10-19)21-22(18-12-14-26-15-13-18)28-24(29-23(21)31)27-20(30)11-6-16-4-2-1-3-5-16/h1-5,7-10,12-15H,6,11H2,(H2,27,28,29,30,31). The molecule has 31 heavy (non-hydrogen) atoms. The van der Waals surface area contributed by atoms with Crippen LogP contribution in [0.3, 0.4) is 0 Å². The number of nitrogens with one attached hydrogen (secondary N) is 1. The van der Waals surface area contributed by atoms with E-state index in [0.717, 1.165) is 5.56 Å². The lowest BCUT2D eigenvalue weighted by Crippen LogP contribution is -2.15. The van der Waals surface area contributed by atoms with Crippen LogP contribution >= 0.6 is 0 Å². The number of carbonyl (C=O) groups excluding carboxylic acids is 1. The molecule has 154 valence electrons. The van der Waals surface area contributed by atoms with Crippen LogP contribution in [0.15, 0.2) is 79.1 Å². The number of aryl methyl sites for hydroxylation is 1. The number of halogens is 1. The minimum atomic E-state index is -0.392. The fraction of sp³-hybridized carbons (Fsp3) is 0.0833. The number of nitrogens with zero attached hydrogens (tertiary/aromatic N) is 3. The third-order valence-electron chi connectivity index (χ3n) is 4.71. The normalized spacial score (nSPS) is 10.6. The molecule has 0 saturated heterocycles. The first-order valence-electron chi connectivity index (χ1n) is 9.71. The van der Waals surface area contributed by atoms with E-state index in [1.165, 1.54) is 24.3 Å². The molecule has 0 atom stereocenters. The highest BCUT2D eigenvalue weighted by molar-refractivity contribution is 5.91. The molecule has 0 aliphatic rings. The first-order valence-corrected chi connectivity index (χ1v) is 9.71. The highest BCUT2D eigenvalue weighted by Crippen LogP contribution is 2.37. The van der Waals surface area contributed by atoms with Crippen molar-refractivity contribution in [2.75, 3.05) is 5.32 Å². The number of aromatic hydroxyl groups is 1. The van der Waals surface area contributed by atoms with Crippen LogP contribution in [-0.4, -0.2) is 26.0 Å². The van der Waals surface area contributed by atoms with Gasteiger partial charge in [0.2, 0.25) is 17.7 Å². The molecule has 4 aromatic rings. The second-order valence-corrected chi connectivity index (χ2v) is 6.87. The van der Waals surface area contributed by atoms with E-state index in [1.54, 1.807) is 24.5 Å². The van der Waals surface area contributed by atoms with E-state index in [4.69, 9.17) is 0 Å². The van der Waals surface area contributed by atoms with Gasteiger partial charge in [-0.2, -0.15) is 4.98 Å². The van der Waals surface area contributed by atoms with Gasteiger partial charge in [-0.15, -0.1) is 0 Å². The Hall–Kier alpha value is -4.13. The number of anilines is 1. The lowest BCUT2D eigenvalue weighted by atomic mass is 10.0. The van der Waals surface area contributed by atoms with Crippen molar-refractivity contribution < 1.29 is 14.3 Å². The van der Waals surface area contributed by atoms with Crippen LogP contribution in [0.25, 0.3) is 22.4 Å². The van der Waals surface area contributed by atoms with Gasteiger partial charge < -0.3 is 5.11 Å². The summed E-state index contributed by atoms with van der Waals surface area (Å²) in [5.41, 5.74) is 3.01. The summed E-state index contributed by atoms with van der Waals surface area (Å²) in [7, 11) is 0. The second-order valence-electron chi connectivity index (χ2n) is 6.87. The van der Waals surface area contributed by atoms with Gasteiger partial charge in [-0.3, -0.25) is 15.1 Å². The largest absolute Gasteiger partial charge is 0.493 e. The summed E-state index contributed by atoms with van der Waals surface area (Å²) in [6.07, 6.45) is 4.02. The average Bonchev–Trinajstić information content (AvgIpc) is 2.79. The summed E-state index contributed by atoms with van der Waals surface area (Å²) >= 11 is 0. The molecule has 2 aromatic heterocycles. The van der Waals surface area contributed by atoms with Crippen molar-refractivity contribution in [2.24, 2.45) is 0 Å². The number of aromatic nitrogens is 3. The van der Waals surface area contributed by atoms with Crippen molar-refractivity contribution in [1.29, 1.82) is 0 Å². The Labute approximate surface area is 178 Å². The Kier molecular flexibility index (Phi) is 5.93. The van der Waals surface area contributed by atoms with E-state index in [1.807, 2.05) is 30.3 Å². The second kappa shape index (κ2) is 9.13. The third-order valence-corrected chi connectivity index (χ3v) is 4.71. The maximum absolute atomic E-state index is 13.4. The summed E-state index contributed by atoms with van der Waals surface area (Å²) in [4.78, 5) is 24.9. The van der Waals surface area contributed by atoms with E-state index in [2.05, 4.69) is 20.3 Å². The van der Waals surface area contributed by atoms with Gasteiger partial charge >= 0.3 is 0 Å². The van der Waals surface area contributed by atoms with Crippen LogP contribution in [0.1, 0.15) is 12.0 Å². The van der Waals surface area contributed by atoms with Gasteiger partial charge in [0.15, 0.2) is 0 Å². The SMILES string of the molecule is O=C(CCc1ccccc1)Nc1nc(O)c(-c2ccc(F)cc2)c(-c2ccncc2)n1. The van der Waals surface area contributed by atoms with Gasteiger partial charge in [-0.05, 0) is 41.8 Å². The Morgan fingerprint density at radius 1 is 0.903 bits per heavy atom. The van der Waals surface area contributed by atoms with Gasteiger partial charge in [0.1, 0.15) is 5.82 Å². The van der Waals surface area contributed by atoms with Crippen molar-refractivity contribution in [2.45, 2.75) is 12.8 Å². The van der Waals surface area contributed by atoms with E-state index in [-0.39, 0.29) is 24.2 Å². The minimum Gasteiger partial charge on any atom is -0.493 e. The van der Waals surface area contributed by atoms with Crippen LogP contribution in [0.2, 0.25) is 0 Å². The molecule has 6 nitrogen and oxygen atoms in total. The molecule has 0 spiro atoms. The van der Waals surface area contributed by atoms with E-state index < -0.39 is 5.82 Å². The molecule has 0 saturated carbocycles. The molecule has 1 amide bonds. The number of carbonyl (C=O) groups is 1. The molecule has 0 bridgehead atoms. The molecule has 2 aromatic carbocycles. The molecule has 0 radical (unpaired) electrons. The van der Waals surface area contributed by atoms with E-state index >= 15 is 0 Å². The fourth-order valence-electron chi connectivity index (χ4n) is 3.20. The third kappa shape index (κ3) is 4.90. The number of benzene rings is 2. The van der Waals surface area contributed by atoms with Crippen molar-refractivity contribution in [3.8, 4) is 28.3 Å². The van der Waals surface area contributed by atoms with Crippen molar-refractivity contribution >= 4 is 11.9 Å². The van der Waals surface area contributed by atoms with Crippen molar-refractivity contribution in [3.63, 3.8) is 0 Å². The summed E-state index contributed by atoms with van der Waals surface area (Å²) in [5.74, 6) is -0.976. The summed E-state index contributed by atoms with van der Waals surface area (Å²) in [6, 6.07) is 18.8. The topological polar surface area (TPSA) is 88.0 Å². The molecule has 2 heterocycles. The summed E-state index contributed by atoms with van der Waals surface area (Å²) in [5, 5.41) is 13.3. The molecule has 0 unspecified atom stereocenters. The number of hydrogen-bond donors (Lipinski definition) is 2. The zero-order valence-electron chi connectivity index (χ0n) is 16.5. The fourth-order valence-corrected chi connectivity index (χ4v) is 3.20. The minimum absolute atomic E-state index is 0.00626. The molecular weight excluding hydrogens is 395 g/mol. The van der Waals surface area contributed by atoms with Crippen LogP contribution in [0, 0.1) is 5.82 Å². The van der Waals surface area contributed by atoms with Gasteiger partial charge in [0.05, 0.1) is 11.3 Å². The maximum atomic E-state index is 13.4. The number of hydrogen-bond acceptors (Lipinski definition) is 5. The quantitative estimate of drug-likeness (QED) is 0.481. The van der Waals surface area contributed by atoms with E-state index in [9.17, 15) is 14.3 Å². The van der Waals surface area contributed by atoms with Crippen LogP contribution < -0.4 is 5.32 Å². The molecule has 0 aliphatic carbocycles. The van der Waals surface area contributed by atoms with Crippen LogP contribution in [0.4, 0.5) is 10.3 Å². The number of rotatable bonds is 6. The highest BCUT2D eigenvalue weighted by Gasteiger charge is 2.18. The first kappa shape index (κ1) is 20.2. The smallest absolute Gasteiger partial charge is 0.233 e. The Balaban J connectivity index is 1.64. The first-order chi connectivity index (χ1) is 15.1. The van der Waals surface area contributed by atoms with Crippen molar-refractivity contribution in [3.05, 3.63) is 90.5 Å². The molecule has 4 rings (SSSR count). The zero-order valence-corrected chi connectivity index (χ0v) is 16.5. The lowest BCUT2D eigenvalue weighted by molar-refractivity contribution is -0.116. The van der Waals surface area contributed by atoms with E-state index in [0.29, 0.717) is 28.8 Å². The molecule has 0 aliphatic heterocycles. The zero-order chi connectivity index (χ0) is 21.6. The average molecular weight is 414 g/mol. The van der Waals surface area contributed by atoms with Gasteiger partial charge in [-0.25, -0.2) is 9.37 Å². The Morgan fingerprint density at radius 2 is 1.61 bits per heavy atom. The lowest BCUT2D eigenvalue weighted by Gasteiger charge is -2.13. The molecular formula is C24H19FN4O2. The number of amides is 1. The number of pyridine rings is 1. The molecule has 7 heteroatoms. The maximum Gasteiger partial charge on any atom is 0.233 e. The predicted molar refractivity (Wildman–Crippen MR) is 116 cm³/mol. The molecule has 0 fully saturated rings. The monoisotopic (exact) mass is 414 g/mol. The Morgan fingerprint density at radius 3 is 2.32 bits per heavy atom. The Bertz CT molecular complexity index is 1180. The van der Waals surface area contributed by atoms with Crippen molar-refractivity contribution in [1.82, 2.24) is 15.0 Å². The predicted octanol–water partition coefficient (Wildman–Crippen LogP) is 4.62. The summed E-state index contributed by atoms with van der Waals surface area (Å²) in [6.45, 7) is 0. The van der Waals surface area contributed by atoms with Gasteiger partial charge in [-0.1, -0.05) is 42.5 Å². The molecule has 2 N–H and O–H groups in total. The summed E-state index contributed by atoms with van der Waals surface area (Å²) < 4.78 is 13.4. The van der Waals surface area contributed by atoms with Gasteiger partial charge in [0, 0.05) is 24.4 Å². The van der Waals surface area contributed by atoms with Crippen LogP contribution in [0.5, 0.6) is 5.88 Å².